The SMILES string of the molecule is [2H]c1c([2H])c([2H])c(-c2c([2H])c([2H])c(-c3c([2H])c([2H])c(N(c4ccc(-c5ccc(-c6ccccc6)cc5)cc4)c4cccc(-c5ccc6ccccc6c5)c4)c([2H])c3[2H])c([2H])c2[2H])c([2H])c1[2H]. The maximum atomic E-state index is 9.52. The first-order valence-electron chi connectivity index (χ1n) is 23.6. The topological polar surface area (TPSA) is 3.24 Å². The highest BCUT2D eigenvalue weighted by molar-refractivity contribution is 5.89. The zero-order valence-corrected chi connectivity index (χ0v) is 28.3. The molecule has 0 aliphatic carbocycles. The Hall–Kier alpha value is -6.96. The predicted molar refractivity (Wildman–Crippen MR) is 226 cm³/mol. The fourth-order valence-corrected chi connectivity index (χ4v) is 6.37. The Balaban J connectivity index is 1.20. The number of hydrogen-bond acceptors (Lipinski definition) is 1. The Morgan fingerprint density at radius 3 is 1.38 bits per heavy atom. The molecule has 0 aromatic heterocycles. The van der Waals surface area contributed by atoms with Gasteiger partial charge >= 0.3 is 0 Å². The second-order valence-electron chi connectivity index (χ2n) is 12.4. The van der Waals surface area contributed by atoms with Crippen LogP contribution in [-0.2, 0) is 0 Å². The molecular formula is C52H37N. The van der Waals surface area contributed by atoms with E-state index in [1.165, 1.54) is 0 Å². The number of rotatable bonds is 8. The van der Waals surface area contributed by atoms with E-state index in [0.29, 0.717) is 11.4 Å². The van der Waals surface area contributed by atoms with Gasteiger partial charge in [-0.3, -0.25) is 0 Å². The molecule has 0 aliphatic heterocycles. The minimum Gasteiger partial charge on any atom is -0.310 e. The molecule has 1 heteroatoms. The van der Waals surface area contributed by atoms with E-state index in [1.807, 2.05) is 121 Å². The monoisotopic (exact) mass is 688 g/mol. The molecule has 0 unspecified atom stereocenters. The van der Waals surface area contributed by atoms with E-state index in [0.717, 1.165) is 44.2 Å². The molecule has 0 fully saturated rings. The molecule has 0 heterocycles. The van der Waals surface area contributed by atoms with Crippen LogP contribution < -0.4 is 4.90 Å². The second kappa shape index (κ2) is 14.3. The van der Waals surface area contributed by atoms with E-state index in [9.17, 15) is 5.48 Å². The lowest BCUT2D eigenvalue weighted by Gasteiger charge is -2.26. The second-order valence-corrected chi connectivity index (χ2v) is 12.4. The molecule has 0 N–H and O–H groups in total. The maximum Gasteiger partial charge on any atom is 0.0645 e. The number of hydrogen-bond donors (Lipinski definition) is 0. The Kier molecular flexibility index (Phi) is 5.62. The molecule has 250 valence electrons. The molecule has 53 heavy (non-hydrogen) atoms. The third-order valence-corrected chi connectivity index (χ3v) is 9.10. The molecular weight excluding hydrogens is 639 g/mol. The molecule has 9 rings (SSSR count). The summed E-state index contributed by atoms with van der Waals surface area (Å²) in [5.74, 6) is 0. The molecule has 0 saturated carbocycles. The number of fused-ring (bicyclic) bond motifs is 1. The molecule has 0 atom stereocenters. The van der Waals surface area contributed by atoms with Gasteiger partial charge in [0.15, 0.2) is 0 Å². The molecule has 0 aliphatic rings. The number of benzene rings is 9. The van der Waals surface area contributed by atoms with Gasteiger partial charge in [0.2, 0.25) is 0 Å². The Morgan fingerprint density at radius 2 is 0.736 bits per heavy atom. The fourth-order valence-electron chi connectivity index (χ4n) is 6.37. The zero-order chi connectivity index (χ0) is 46.7. The van der Waals surface area contributed by atoms with Crippen molar-refractivity contribution in [3.05, 3.63) is 224 Å². The quantitative estimate of drug-likeness (QED) is 0.154. The van der Waals surface area contributed by atoms with Crippen molar-refractivity contribution in [2.24, 2.45) is 0 Å². The van der Waals surface area contributed by atoms with Gasteiger partial charge in [0.1, 0.15) is 0 Å². The standard InChI is InChI=1S/C52H37N/c1-3-10-38(11-4-1)41-18-22-43(23-19-41)45-28-32-50(33-29-45)53(52-17-9-16-48(37-52)49-27-26-40-14-7-8-15-47(40)36-49)51-34-30-46(31-35-51)44-24-20-42(21-25-44)39-12-5-2-6-13-39/h1-37H/i1D,3D,4D,10D,11D,18D,19D,22D,23D,28D,29D,32D,33D. The highest BCUT2D eigenvalue weighted by Crippen LogP contribution is 2.39. The summed E-state index contributed by atoms with van der Waals surface area (Å²) >= 11 is 0. The summed E-state index contributed by atoms with van der Waals surface area (Å²) in [6.45, 7) is 0. The van der Waals surface area contributed by atoms with Crippen LogP contribution in [0.4, 0.5) is 17.1 Å². The fraction of sp³-hybridized carbons (Fsp3) is 0. The van der Waals surface area contributed by atoms with E-state index in [-0.39, 0.29) is 5.69 Å². The van der Waals surface area contributed by atoms with Crippen LogP contribution in [0.15, 0.2) is 224 Å². The lowest BCUT2D eigenvalue weighted by molar-refractivity contribution is 1.28. The van der Waals surface area contributed by atoms with E-state index < -0.39 is 101 Å². The first kappa shape index (κ1) is 20.8. The van der Waals surface area contributed by atoms with Crippen molar-refractivity contribution in [2.75, 3.05) is 4.90 Å². The van der Waals surface area contributed by atoms with Crippen molar-refractivity contribution >= 4 is 27.8 Å². The first-order chi connectivity index (χ1) is 31.7. The van der Waals surface area contributed by atoms with Gasteiger partial charge in [0.25, 0.3) is 0 Å². The van der Waals surface area contributed by atoms with Crippen LogP contribution in [0.25, 0.3) is 66.4 Å². The minimum absolute atomic E-state index is 0.129. The summed E-state index contributed by atoms with van der Waals surface area (Å²) in [5, 5.41) is 2.11. The summed E-state index contributed by atoms with van der Waals surface area (Å²) in [4.78, 5) is 1.63. The largest absolute Gasteiger partial charge is 0.310 e. The summed E-state index contributed by atoms with van der Waals surface area (Å²) < 4.78 is 115. The summed E-state index contributed by atoms with van der Waals surface area (Å²) in [5.41, 5.74) is 4.55. The predicted octanol–water partition coefficient (Wildman–Crippen LogP) is 14.6. The van der Waals surface area contributed by atoms with Crippen LogP contribution in [-0.4, -0.2) is 0 Å². The molecule has 0 radical (unpaired) electrons. The molecule has 9 aromatic carbocycles. The number of nitrogens with zero attached hydrogens (tertiary/aromatic N) is 1. The summed E-state index contributed by atoms with van der Waals surface area (Å²) in [6, 6.07) is 38.4. The van der Waals surface area contributed by atoms with Gasteiger partial charge < -0.3 is 4.90 Å². The first-order valence-corrected chi connectivity index (χ1v) is 17.1. The maximum absolute atomic E-state index is 9.52. The van der Waals surface area contributed by atoms with Gasteiger partial charge in [-0.15, -0.1) is 0 Å². The Bertz CT molecular complexity index is 3300. The zero-order valence-electron chi connectivity index (χ0n) is 41.3. The highest BCUT2D eigenvalue weighted by atomic mass is 15.1. The van der Waals surface area contributed by atoms with Gasteiger partial charge in [-0.25, -0.2) is 0 Å². The van der Waals surface area contributed by atoms with Crippen molar-refractivity contribution in [3.63, 3.8) is 0 Å². The van der Waals surface area contributed by atoms with Crippen LogP contribution in [0.2, 0.25) is 0 Å². The van der Waals surface area contributed by atoms with Crippen LogP contribution in [0.5, 0.6) is 0 Å². The van der Waals surface area contributed by atoms with Crippen LogP contribution in [0.1, 0.15) is 17.8 Å². The minimum atomic E-state index is -0.771. The highest BCUT2D eigenvalue weighted by Gasteiger charge is 2.15. The van der Waals surface area contributed by atoms with Gasteiger partial charge in [-0.05, 0) is 109 Å². The van der Waals surface area contributed by atoms with Crippen molar-refractivity contribution in [1.29, 1.82) is 0 Å². The summed E-state index contributed by atoms with van der Waals surface area (Å²) in [7, 11) is 0. The molecule has 0 amide bonds. The third kappa shape index (κ3) is 6.77. The van der Waals surface area contributed by atoms with Crippen LogP contribution in [0, 0.1) is 0 Å². The van der Waals surface area contributed by atoms with Gasteiger partial charge in [0.05, 0.1) is 17.8 Å². The van der Waals surface area contributed by atoms with Gasteiger partial charge in [-0.2, -0.15) is 0 Å². The molecule has 0 saturated heterocycles. The smallest absolute Gasteiger partial charge is 0.0645 e. The molecule has 0 spiro atoms. The average molecular weight is 689 g/mol. The summed E-state index contributed by atoms with van der Waals surface area (Å²) in [6.07, 6.45) is 0. The van der Waals surface area contributed by atoms with E-state index >= 15 is 0 Å². The van der Waals surface area contributed by atoms with Gasteiger partial charge in [-0.1, -0.05) is 182 Å². The third-order valence-electron chi connectivity index (χ3n) is 9.10. The van der Waals surface area contributed by atoms with E-state index in [2.05, 4.69) is 18.2 Å². The molecule has 1 nitrogen and oxygen atoms in total. The average Bonchev–Trinajstić information content (AvgIpc) is 3.35. The Labute approximate surface area is 330 Å². The lowest BCUT2D eigenvalue weighted by atomic mass is 9.99. The van der Waals surface area contributed by atoms with E-state index in [1.54, 1.807) is 11.0 Å². The van der Waals surface area contributed by atoms with Crippen LogP contribution >= 0.6 is 0 Å². The van der Waals surface area contributed by atoms with Crippen molar-refractivity contribution < 1.29 is 17.8 Å². The molecule has 0 bridgehead atoms. The number of anilines is 3. The van der Waals surface area contributed by atoms with E-state index in [4.69, 9.17) is 12.3 Å². The Morgan fingerprint density at radius 1 is 0.264 bits per heavy atom. The van der Waals surface area contributed by atoms with Crippen molar-refractivity contribution in [1.82, 2.24) is 0 Å². The lowest BCUT2D eigenvalue weighted by Crippen LogP contribution is -2.10. The van der Waals surface area contributed by atoms with Crippen LogP contribution in [0.3, 0.4) is 0 Å². The normalized spacial score (nSPS) is 14.5. The van der Waals surface area contributed by atoms with Crippen molar-refractivity contribution in [3.8, 4) is 55.6 Å². The van der Waals surface area contributed by atoms with Crippen molar-refractivity contribution in [2.45, 2.75) is 0 Å². The van der Waals surface area contributed by atoms with Gasteiger partial charge in [0, 0.05) is 17.1 Å². The molecule has 9 aromatic rings.